The van der Waals surface area contributed by atoms with Crippen LogP contribution >= 0.6 is 38.5 Å². The van der Waals surface area contributed by atoms with Crippen LogP contribution in [-0.4, -0.2) is 14.8 Å². The Balaban J connectivity index is 1.83. The number of hydrogen-bond acceptors (Lipinski definition) is 2. The van der Waals surface area contributed by atoms with Crippen LogP contribution < -0.4 is 0 Å². The van der Waals surface area contributed by atoms with E-state index >= 15 is 0 Å². The quantitative estimate of drug-likeness (QED) is 0.542. The molecule has 0 spiro atoms. The second-order valence-electron chi connectivity index (χ2n) is 4.51. The first-order valence-electron chi connectivity index (χ1n) is 6.21. The third kappa shape index (κ3) is 3.49. The Morgan fingerprint density at radius 3 is 2.62 bits per heavy atom. The molecule has 0 saturated carbocycles. The molecule has 0 aliphatic heterocycles. The molecule has 0 radical (unpaired) electrons. The minimum atomic E-state index is -0.254. The molecule has 0 saturated heterocycles. The summed E-state index contributed by atoms with van der Waals surface area (Å²) in [6, 6.07) is 13.0. The van der Waals surface area contributed by atoms with E-state index in [2.05, 4.69) is 48.6 Å². The average Bonchev–Trinajstić information content (AvgIpc) is 2.91. The van der Waals surface area contributed by atoms with Crippen LogP contribution in [0.25, 0.3) is 11.4 Å². The molecule has 0 aliphatic carbocycles. The van der Waals surface area contributed by atoms with Gasteiger partial charge < -0.3 is 0 Å². The van der Waals surface area contributed by atoms with E-state index in [1.807, 2.05) is 30.3 Å². The van der Waals surface area contributed by atoms with Gasteiger partial charge in [-0.1, -0.05) is 34.1 Å². The highest BCUT2D eigenvalue weighted by Gasteiger charge is 2.07. The van der Waals surface area contributed by atoms with E-state index in [-0.39, 0.29) is 5.82 Å². The highest BCUT2D eigenvalue weighted by molar-refractivity contribution is 14.1. The largest absolute Gasteiger partial charge is 0.248 e. The lowest BCUT2D eigenvalue weighted by Gasteiger charge is -2.03. The molecular weight excluding hydrogens is 448 g/mol. The first-order valence-corrected chi connectivity index (χ1v) is 8.08. The van der Waals surface area contributed by atoms with E-state index in [0.29, 0.717) is 17.9 Å². The highest BCUT2D eigenvalue weighted by atomic mass is 127. The van der Waals surface area contributed by atoms with Gasteiger partial charge in [0.05, 0.1) is 6.54 Å². The molecule has 3 aromatic rings. The molecule has 0 fully saturated rings. The zero-order chi connectivity index (χ0) is 14.8. The van der Waals surface area contributed by atoms with Crippen molar-refractivity contribution in [1.82, 2.24) is 14.8 Å². The Morgan fingerprint density at radius 2 is 1.90 bits per heavy atom. The Bertz CT molecular complexity index is 771. The lowest BCUT2D eigenvalue weighted by molar-refractivity contribution is 0.584. The summed E-state index contributed by atoms with van der Waals surface area (Å²) in [7, 11) is 0. The number of halogens is 3. The molecule has 21 heavy (non-hydrogen) atoms. The van der Waals surface area contributed by atoms with Gasteiger partial charge in [0.1, 0.15) is 12.1 Å². The van der Waals surface area contributed by atoms with Gasteiger partial charge in [0.2, 0.25) is 0 Å². The third-order valence-corrected chi connectivity index (χ3v) is 4.20. The molecule has 106 valence electrons. The molecule has 0 unspecified atom stereocenters. The van der Waals surface area contributed by atoms with Gasteiger partial charge in [0.25, 0.3) is 0 Å². The highest BCUT2D eigenvalue weighted by Crippen LogP contribution is 2.18. The molecule has 2 aromatic carbocycles. The lowest BCUT2D eigenvalue weighted by atomic mass is 10.2. The molecule has 3 nitrogen and oxygen atoms in total. The fourth-order valence-corrected chi connectivity index (χ4v) is 2.62. The van der Waals surface area contributed by atoms with Crippen molar-refractivity contribution in [3.8, 4) is 11.4 Å². The SMILES string of the molecule is Fc1cc(Br)ccc1Cn1cnc(-c2ccc(I)cc2)n1. The van der Waals surface area contributed by atoms with Gasteiger partial charge in [-0.2, -0.15) is 5.10 Å². The first kappa shape index (κ1) is 14.6. The Morgan fingerprint density at radius 1 is 1.14 bits per heavy atom. The smallest absolute Gasteiger partial charge is 0.181 e. The number of rotatable bonds is 3. The zero-order valence-electron chi connectivity index (χ0n) is 10.8. The zero-order valence-corrected chi connectivity index (χ0v) is 14.5. The van der Waals surface area contributed by atoms with Crippen molar-refractivity contribution in [1.29, 1.82) is 0 Å². The van der Waals surface area contributed by atoms with Gasteiger partial charge in [-0.15, -0.1) is 0 Å². The van der Waals surface area contributed by atoms with Crippen molar-refractivity contribution in [3.63, 3.8) is 0 Å². The minimum absolute atomic E-state index is 0.254. The van der Waals surface area contributed by atoms with Crippen molar-refractivity contribution in [2.45, 2.75) is 6.54 Å². The summed E-state index contributed by atoms with van der Waals surface area (Å²) in [5.41, 5.74) is 1.53. The van der Waals surface area contributed by atoms with Gasteiger partial charge in [-0.05, 0) is 46.9 Å². The summed E-state index contributed by atoms with van der Waals surface area (Å²) in [5, 5.41) is 4.39. The van der Waals surface area contributed by atoms with E-state index in [1.54, 1.807) is 17.1 Å². The van der Waals surface area contributed by atoms with Crippen LogP contribution in [-0.2, 0) is 6.54 Å². The van der Waals surface area contributed by atoms with Crippen molar-refractivity contribution in [2.75, 3.05) is 0 Å². The molecule has 0 atom stereocenters. The summed E-state index contributed by atoms with van der Waals surface area (Å²) >= 11 is 5.50. The summed E-state index contributed by atoms with van der Waals surface area (Å²) < 4.78 is 17.3. The average molecular weight is 458 g/mol. The Kier molecular flexibility index (Phi) is 4.34. The van der Waals surface area contributed by atoms with E-state index in [0.717, 1.165) is 13.6 Å². The van der Waals surface area contributed by atoms with Crippen LogP contribution in [0, 0.1) is 9.39 Å². The summed E-state index contributed by atoms with van der Waals surface area (Å²) in [6.45, 7) is 0.358. The Labute approximate surface area is 143 Å². The minimum Gasteiger partial charge on any atom is -0.248 e. The molecule has 0 amide bonds. The number of hydrogen-bond donors (Lipinski definition) is 0. The van der Waals surface area contributed by atoms with Crippen molar-refractivity contribution >= 4 is 38.5 Å². The van der Waals surface area contributed by atoms with Crippen LogP contribution in [0.3, 0.4) is 0 Å². The van der Waals surface area contributed by atoms with Gasteiger partial charge in [0.15, 0.2) is 5.82 Å². The van der Waals surface area contributed by atoms with Gasteiger partial charge in [-0.3, -0.25) is 0 Å². The van der Waals surface area contributed by atoms with E-state index in [4.69, 9.17) is 0 Å². The molecule has 3 rings (SSSR count). The molecule has 0 aliphatic rings. The second kappa shape index (κ2) is 6.23. The third-order valence-electron chi connectivity index (χ3n) is 2.99. The van der Waals surface area contributed by atoms with Gasteiger partial charge >= 0.3 is 0 Å². The lowest BCUT2D eigenvalue weighted by Crippen LogP contribution is -2.02. The molecular formula is C15H10BrFIN3. The van der Waals surface area contributed by atoms with Crippen LogP contribution in [0.15, 0.2) is 53.3 Å². The molecule has 6 heteroatoms. The maximum atomic E-state index is 13.8. The van der Waals surface area contributed by atoms with Crippen LogP contribution in [0.2, 0.25) is 0 Å². The first-order chi connectivity index (χ1) is 10.1. The van der Waals surface area contributed by atoms with Crippen LogP contribution in [0.4, 0.5) is 4.39 Å². The monoisotopic (exact) mass is 457 g/mol. The normalized spacial score (nSPS) is 10.8. The van der Waals surface area contributed by atoms with E-state index in [9.17, 15) is 4.39 Å². The summed E-state index contributed by atoms with van der Waals surface area (Å²) in [6.07, 6.45) is 1.62. The van der Waals surface area contributed by atoms with E-state index in [1.165, 1.54) is 6.07 Å². The van der Waals surface area contributed by atoms with Crippen LogP contribution in [0.1, 0.15) is 5.56 Å². The fourth-order valence-electron chi connectivity index (χ4n) is 1.93. The molecule has 0 N–H and O–H groups in total. The number of nitrogens with zero attached hydrogens (tertiary/aromatic N) is 3. The molecule has 1 aromatic heterocycles. The second-order valence-corrected chi connectivity index (χ2v) is 6.67. The fraction of sp³-hybridized carbons (Fsp3) is 0.0667. The molecule has 0 bridgehead atoms. The summed E-state index contributed by atoms with van der Waals surface area (Å²) in [4.78, 5) is 4.28. The van der Waals surface area contributed by atoms with E-state index < -0.39 is 0 Å². The maximum Gasteiger partial charge on any atom is 0.181 e. The van der Waals surface area contributed by atoms with Crippen molar-refractivity contribution in [2.24, 2.45) is 0 Å². The topological polar surface area (TPSA) is 30.7 Å². The Hall–Kier alpha value is -1.28. The summed E-state index contributed by atoms with van der Waals surface area (Å²) in [5.74, 6) is 0.389. The van der Waals surface area contributed by atoms with Crippen LogP contribution in [0.5, 0.6) is 0 Å². The standard InChI is InChI=1S/C15H10BrFIN3/c16-12-4-1-11(14(17)7-12)8-21-9-19-15(20-21)10-2-5-13(18)6-3-10/h1-7,9H,8H2. The van der Waals surface area contributed by atoms with Crippen molar-refractivity contribution < 1.29 is 4.39 Å². The molecule has 1 heterocycles. The van der Waals surface area contributed by atoms with Gasteiger partial charge in [0, 0.05) is 19.2 Å². The van der Waals surface area contributed by atoms with Gasteiger partial charge in [-0.25, -0.2) is 14.1 Å². The predicted molar refractivity (Wildman–Crippen MR) is 91.4 cm³/mol. The van der Waals surface area contributed by atoms with Crippen molar-refractivity contribution in [3.05, 3.63) is 68.2 Å². The number of benzene rings is 2. The number of aromatic nitrogens is 3. The predicted octanol–water partition coefficient (Wildman–Crippen LogP) is 4.50. The maximum absolute atomic E-state index is 13.8.